The maximum atomic E-state index is 13.0. The largest absolute Gasteiger partial charge is 0.356 e. The summed E-state index contributed by atoms with van der Waals surface area (Å²) in [6.45, 7) is 11.9. The number of likely N-dealkylation sites (tertiary alicyclic amines) is 1. The maximum absolute atomic E-state index is 13.0. The van der Waals surface area contributed by atoms with E-state index in [1.807, 2.05) is 32.0 Å². The lowest BCUT2D eigenvalue weighted by Gasteiger charge is -2.32. The molecule has 0 spiro atoms. The molecular formula is C22H33N3O3S. The highest BCUT2D eigenvalue weighted by molar-refractivity contribution is 7.89. The van der Waals surface area contributed by atoms with Gasteiger partial charge in [-0.25, -0.2) is 13.1 Å². The molecule has 29 heavy (non-hydrogen) atoms. The third-order valence-electron chi connectivity index (χ3n) is 5.68. The summed E-state index contributed by atoms with van der Waals surface area (Å²) in [7, 11) is -3.57. The zero-order chi connectivity index (χ0) is 21.0. The van der Waals surface area contributed by atoms with Gasteiger partial charge in [0.05, 0.1) is 10.6 Å². The smallest absolute Gasteiger partial charge is 0.240 e. The Morgan fingerprint density at radius 3 is 2.55 bits per heavy atom. The van der Waals surface area contributed by atoms with E-state index in [0.29, 0.717) is 23.1 Å². The number of rotatable bonds is 8. The highest BCUT2D eigenvalue weighted by Gasteiger charge is 2.23. The summed E-state index contributed by atoms with van der Waals surface area (Å²) in [6.07, 6.45) is 3.30. The molecule has 1 aliphatic rings. The molecule has 0 aliphatic carbocycles. The average molecular weight is 420 g/mol. The van der Waals surface area contributed by atoms with Crippen LogP contribution in [-0.4, -0.2) is 44.7 Å². The average Bonchev–Trinajstić information content (AvgIpc) is 3.12. The Morgan fingerprint density at radius 2 is 1.93 bits per heavy atom. The van der Waals surface area contributed by atoms with Crippen molar-refractivity contribution in [3.63, 3.8) is 0 Å². The minimum absolute atomic E-state index is 0.304. The summed E-state index contributed by atoms with van der Waals surface area (Å²) in [6, 6.07) is 7.16. The van der Waals surface area contributed by atoms with E-state index in [4.69, 9.17) is 4.52 Å². The summed E-state index contributed by atoms with van der Waals surface area (Å²) < 4.78 is 34.0. The Kier molecular flexibility index (Phi) is 7.14. The molecule has 1 saturated heterocycles. The molecule has 0 saturated carbocycles. The number of hydrogen-bond acceptors (Lipinski definition) is 5. The number of benzene rings is 1. The second-order valence-electron chi connectivity index (χ2n) is 8.63. The van der Waals surface area contributed by atoms with E-state index in [1.54, 1.807) is 6.07 Å². The first-order valence-electron chi connectivity index (χ1n) is 10.5. The van der Waals surface area contributed by atoms with Gasteiger partial charge in [-0.15, -0.1) is 0 Å². The number of nitrogens with one attached hydrogen (secondary N) is 1. The van der Waals surface area contributed by atoms with E-state index in [-0.39, 0.29) is 0 Å². The molecule has 0 unspecified atom stereocenters. The van der Waals surface area contributed by atoms with Gasteiger partial charge in [0.2, 0.25) is 10.0 Å². The lowest BCUT2D eigenvalue weighted by Crippen LogP contribution is -2.39. The zero-order valence-corrected chi connectivity index (χ0v) is 18.8. The summed E-state index contributed by atoms with van der Waals surface area (Å²) in [5.74, 6) is 1.69. The van der Waals surface area contributed by atoms with E-state index >= 15 is 0 Å². The lowest BCUT2D eigenvalue weighted by atomic mass is 9.96. The fraction of sp³-hybridized carbons (Fsp3) is 0.591. The quantitative estimate of drug-likeness (QED) is 0.700. The van der Waals surface area contributed by atoms with Gasteiger partial charge in [0.25, 0.3) is 0 Å². The van der Waals surface area contributed by atoms with Crippen LogP contribution >= 0.6 is 0 Å². The van der Waals surface area contributed by atoms with Crippen LogP contribution in [-0.2, 0) is 10.0 Å². The summed E-state index contributed by atoms with van der Waals surface area (Å²) >= 11 is 0. The molecule has 2 heterocycles. The summed E-state index contributed by atoms with van der Waals surface area (Å²) in [4.78, 5) is 2.80. The second kappa shape index (κ2) is 9.41. The van der Waals surface area contributed by atoms with E-state index in [1.165, 1.54) is 6.42 Å². The van der Waals surface area contributed by atoms with Crippen LogP contribution < -0.4 is 4.72 Å². The lowest BCUT2D eigenvalue weighted by molar-refractivity contribution is 0.178. The number of aryl methyl sites for hydroxylation is 2. The third kappa shape index (κ3) is 5.90. The molecule has 7 heteroatoms. The maximum Gasteiger partial charge on any atom is 0.240 e. The Labute approximate surface area is 174 Å². The topological polar surface area (TPSA) is 75.4 Å². The van der Waals surface area contributed by atoms with Gasteiger partial charge in [-0.3, -0.25) is 0 Å². The van der Waals surface area contributed by atoms with Gasteiger partial charge in [0, 0.05) is 18.2 Å². The number of piperidine rings is 1. The number of nitrogens with zero attached hydrogens (tertiary/aromatic N) is 2. The molecule has 0 bridgehead atoms. The molecule has 1 aromatic heterocycles. The monoisotopic (exact) mass is 419 g/mol. The second-order valence-corrected chi connectivity index (χ2v) is 10.4. The van der Waals surface area contributed by atoms with Crippen LogP contribution in [0.4, 0.5) is 0 Å². The van der Waals surface area contributed by atoms with Crippen LogP contribution in [0.25, 0.3) is 11.3 Å². The number of hydrogen-bond donors (Lipinski definition) is 1. The Morgan fingerprint density at radius 1 is 1.21 bits per heavy atom. The van der Waals surface area contributed by atoms with Crippen LogP contribution in [0.2, 0.25) is 0 Å². The van der Waals surface area contributed by atoms with Crippen molar-refractivity contribution >= 4 is 10.0 Å². The van der Waals surface area contributed by atoms with Crippen molar-refractivity contribution in [3.8, 4) is 11.3 Å². The van der Waals surface area contributed by atoms with Crippen molar-refractivity contribution in [2.45, 2.75) is 51.9 Å². The summed E-state index contributed by atoms with van der Waals surface area (Å²) in [5, 5.41) is 3.89. The zero-order valence-electron chi connectivity index (χ0n) is 17.9. The first kappa shape index (κ1) is 22.0. The van der Waals surface area contributed by atoms with Gasteiger partial charge >= 0.3 is 0 Å². The fourth-order valence-electron chi connectivity index (χ4n) is 3.70. The molecule has 1 aliphatic heterocycles. The van der Waals surface area contributed by atoms with Gasteiger partial charge in [-0.1, -0.05) is 31.1 Å². The Balaban J connectivity index is 1.60. The van der Waals surface area contributed by atoms with Crippen LogP contribution in [0.1, 0.15) is 44.4 Å². The van der Waals surface area contributed by atoms with Crippen LogP contribution in [0.3, 0.4) is 0 Å². The van der Waals surface area contributed by atoms with Gasteiger partial charge in [0.15, 0.2) is 5.76 Å². The van der Waals surface area contributed by atoms with E-state index < -0.39 is 10.0 Å². The summed E-state index contributed by atoms with van der Waals surface area (Å²) in [5.41, 5.74) is 2.21. The highest BCUT2D eigenvalue weighted by Crippen LogP contribution is 2.26. The molecule has 0 atom stereocenters. The van der Waals surface area contributed by atoms with Crippen LogP contribution in [0.5, 0.6) is 0 Å². The molecule has 1 N–H and O–H groups in total. The van der Waals surface area contributed by atoms with Crippen molar-refractivity contribution in [1.29, 1.82) is 0 Å². The molecule has 0 radical (unpaired) electrons. The van der Waals surface area contributed by atoms with E-state index in [9.17, 15) is 8.42 Å². The Hall–Kier alpha value is -1.70. The first-order chi connectivity index (χ1) is 13.7. The number of sulfonamides is 1. The highest BCUT2D eigenvalue weighted by atomic mass is 32.2. The molecule has 1 aromatic carbocycles. The van der Waals surface area contributed by atoms with E-state index in [2.05, 4.69) is 28.6 Å². The predicted octanol–water partition coefficient (Wildman–Crippen LogP) is 3.99. The number of aromatic nitrogens is 1. The van der Waals surface area contributed by atoms with Crippen LogP contribution in [0.15, 0.2) is 33.7 Å². The molecule has 2 aromatic rings. The molecule has 3 rings (SSSR count). The van der Waals surface area contributed by atoms with Crippen molar-refractivity contribution in [3.05, 3.63) is 35.5 Å². The van der Waals surface area contributed by atoms with E-state index in [0.717, 1.165) is 55.2 Å². The fourth-order valence-corrected chi connectivity index (χ4v) is 5.09. The van der Waals surface area contributed by atoms with Gasteiger partial charge in [-0.2, -0.15) is 0 Å². The molecular weight excluding hydrogens is 386 g/mol. The van der Waals surface area contributed by atoms with Gasteiger partial charge in [-0.05, 0) is 76.2 Å². The molecule has 1 fully saturated rings. The normalized spacial score (nSPS) is 16.6. The molecule has 6 nitrogen and oxygen atoms in total. The minimum atomic E-state index is -3.57. The molecule has 160 valence electrons. The standard InChI is InChI=1S/C22H33N3O3S/c1-16(2)7-10-25-11-8-19(9-12-25)15-23-29(26,27)22-14-20(6-5-17(22)3)21-13-18(4)24-28-21/h5-6,13-14,16,19,23H,7-12,15H2,1-4H3. The molecule has 0 amide bonds. The van der Waals surface area contributed by atoms with Gasteiger partial charge < -0.3 is 9.42 Å². The van der Waals surface area contributed by atoms with Crippen molar-refractivity contribution in [2.75, 3.05) is 26.2 Å². The SMILES string of the molecule is Cc1cc(-c2ccc(C)c(S(=O)(=O)NCC3CCN(CCC(C)C)CC3)c2)on1. The van der Waals surface area contributed by atoms with Crippen molar-refractivity contribution < 1.29 is 12.9 Å². The van der Waals surface area contributed by atoms with Gasteiger partial charge in [0.1, 0.15) is 0 Å². The minimum Gasteiger partial charge on any atom is -0.356 e. The third-order valence-corrected chi connectivity index (χ3v) is 7.25. The predicted molar refractivity (Wildman–Crippen MR) is 115 cm³/mol. The van der Waals surface area contributed by atoms with Crippen LogP contribution in [0, 0.1) is 25.7 Å². The van der Waals surface area contributed by atoms with Crippen molar-refractivity contribution in [2.24, 2.45) is 11.8 Å². The first-order valence-corrected chi connectivity index (χ1v) is 12.0. The van der Waals surface area contributed by atoms with Crippen molar-refractivity contribution in [1.82, 2.24) is 14.8 Å². The Bertz CT molecular complexity index is 913.